The average molecular weight is 288 g/mol. The van der Waals surface area contributed by atoms with Crippen LogP contribution in [-0.4, -0.2) is 33.2 Å². The maximum atomic E-state index is 13.8. The molecule has 1 heterocycles. The van der Waals surface area contributed by atoms with Gasteiger partial charge in [-0.25, -0.2) is 17.9 Å². The number of methoxy groups -OCH3 is 1. The number of amides is 1. The summed E-state index contributed by atoms with van der Waals surface area (Å²) in [6.45, 7) is -0.138. The minimum Gasteiger partial charge on any atom is -0.497 e. The van der Waals surface area contributed by atoms with Gasteiger partial charge in [0.25, 0.3) is 0 Å². The quantitative estimate of drug-likeness (QED) is 0.862. The summed E-state index contributed by atoms with van der Waals surface area (Å²) in [6.07, 6.45) is -0.232. The first-order valence-corrected chi connectivity index (χ1v) is 7.09. The molecule has 104 valence electrons. The Kier molecular flexibility index (Phi) is 3.46. The molecule has 1 aliphatic rings. The molecule has 8 heteroatoms. The summed E-state index contributed by atoms with van der Waals surface area (Å²) in [5.74, 6) is -0.804. The molecule has 1 saturated heterocycles. The second-order valence-corrected chi connectivity index (χ2v) is 6.08. The lowest BCUT2D eigenvalue weighted by Crippen LogP contribution is -2.32. The first-order valence-electron chi connectivity index (χ1n) is 5.48. The minimum atomic E-state index is -3.81. The number of anilines is 1. The van der Waals surface area contributed by atoms with Crippen molar-refractivity contribution in [1.82, 2.24) is 0 Å². The normalized spacial score (nSPS) is 19.8. The molecule has 0 aliphatic carbocycles. The van der Waals surface area contributed by atoms with Crippen molar-refractivity contribution in [3.8, 4) is 5.75 Å². The summed E-state index contributed by atoms with van der Waals surface area (Å²) in [4.78, 5) is 12.8. The first kappa shape index (κ1) is 13.8. The van der Waals surface area contributed by atoms with Crippen LogP contribution in [0.5, 0.6) is 5.75 Å². The molecule has 0 spiro atoms. The van der Waals surface area contributed by atoms with E-state index in [-0.39, 0.29) is 18.7 Å². The summed E-state index contributed by atoms with van der Waals surface area (Å²) in [5.41, 5.74) is 0.0250. The topological polar surface area (TPSA) is 89.7 Å². The number of carbonyl (C=O) groups excluding carboxylic acids is 1. The Hall–Kier alpha value is -1.67. The summed E-state index contributed by atoms with van der Waals surface area (Å²) < 4.78 is 41.1. The first-order chi connectivity index (χ1) is 8.82. The number of carbonyl (C=O) groups is 1. The number of benzene rings is 1. The molecule has 0 aromatic heterocycles. The average Bonchev–Trinajstić information content (AvgIpc) is 2.71. The number of halogens is 1. The molecule has 0 saturated carbocycles. The number of nitrogens with zero attached hydrogens (tertiary/aromatic N) is 1. The van der Waals surface area contributed by atoms with Gasteiger partial charge in [0, 0.05) is 19.0 Å². The smallest absolute Gasteiger partial charge is 0.228 e. The number of nitrogens with two attached hydrogens (primary N) is 1. The van der Waals surface area contributed by atoms with Gasteiger partial charge in [-0.15, -0.1) is 0 Å². The fourth-order valence-corrected chi connectivity index (χ4v) is 2.69. The Morgan fingerprint density at radius 2 is 2.16 bits per heavy atom. The molecule has 1 aromatic rings. The monoisotopic (exact) mass is 288 g/mol. The van der Waals surface area contributed by atoms with E-state index >= 15 is 0 Å². The van der Waals surface area contributed by atoms with E-state index < -0.39 is 27.0 Å². The molecule has 1 unspecified atom stereocenters. The van der Waals surface area contributed by atoms with Crippen LogP contribution in [0.1, 0.15) is 6.42 Å². The summed E-state index contributed by atoms with van der Waals surface area (Å²) in [7, 11) is -2.42. The summed E-state index contributed by atoms with van der Waals surface area (Å²) in [5, 5.41) is 4.01. The largest absolute Gasteiger partial charge is 0.497 e. The molecule has 2 N–H and O–H groups in total. The fourth-order valence-electron chi connectivity index (χ4n) is 1.96. The Morgan fingerprint density at radius 3 is 2.63 bits per heavy atom. The SMILES string of the molecule is COc1ccc(N2CC(S(N)(=O)=O)CC2=O)c(F)c1. The standard InChI is InChI=1S/C11H13FN2O4S/c1-18-7-2-3-10(9(12)4-7)14-6-8(5-11(14)15)19(13,16)17/h2-4,8H,5-6H2,1H3,(H2,13,16,17). The predicted octanol–water partition coefficient (Wildman–Crippen LogP) is 0.228. The van der Waals surface area contributed by atoms with Gasteiger partial charge in [-0.2, -0.15) is 0 Å². The van der Waals surface area contributed by atoms with Crippen molar-refractivity contribution in [1.29, 1.82) is 0 Å². The van der Waals surface area contributed by atoms with Crippen molar-refractivity contribution < 1.29 is 22.3 Å². The lowest BCUT2D eigenvalue weighted by Gasteiger charge is -2.17. The van der Waals surface area contributed by atoms with E-state index in [1.54, 1.807) is 0 Å². The highest BCUT2D eigenvalue weighted by Gasteiger charge is 2.38. The van der Waals surface area contributed by atoms with Crippen LogP contribution in [0, 0.1) is 5.82 Å². The van der Waals surface area contributed by atoms with Crippen LogP contribution in [0.2, 0.25) is 0 Å². The predicted molar refractivity (Wildman–Crippen MR) is 66.8 cm³/mol. The summed E-state index contributed by atoms with van der Waals surface area (Å²) >= 11 is 0. The van der Waals surface area contributed by atoms with E-state index in [0.717, 1.165) is 11.0 Å². The molecule has 2 rings (SSSR count). The highest BCUT2D eigenvalue weighted by Crippen LogP contribution is 2.29. The van der Waals surface area contributed by atoms with E-state index in [1.807, 2.05) is 0 Å². The van der Waals surface area contributed by atoms with Gasteiger partial charge in [-0.1, -0.05) is 0 Å². The maximum Gasteiger partial charge on any atom is 0.228 e. The highest BCUT2D eigenvalue weighted by molar-refractivity contribution is 7.89. The second-order valence-electron chi connectivity index (χ2n) is 4.24. The molecule has 1 aromatic carbocycles. The molecule has 1 atom stereocenters. The minimum absolute atomic E-state index is 0.0250. The van der Waals surface area contributed by atoms with Gasteiger partial charge < -0.3 is 9.64 Å². The third-order valence-electron chi connectivity index (χ3n) is 3.00. The fraction of sp³-hybridized carbons (Fsp3) is 0.364. The van der Waals surface area contributed by atoms with Gasteiger partial charge in [-0.05, 0) is 12.1 Å². The second kappa shape index (κ2) is 4.78. The van der Waals surface area contributed by atoms with Gasteiger partial charge in [0.2, 0.25) is 15.9 Å². The van der Waals surface area contributed by atoms with E-state index in [0.29, 0.717) is 5.75 Å². The van der Waals surface area contributed by atoms with Crippen molar-refractivity contribution in [2.75, 3.05) is 18.6 Å². The van der Waals surface area contributed by atoms with Crippen molar-refractivity contribution in [2.45, 2.75) is 11.7 Å². The molecule has 6 nitrogen and oxygen atoms in total. The molecule has 1 fully saturated rings. The van der Waals surface area contributed by atoms with Crippen molar-refractivity contribution in [2.24, 2.45) is 5.14 Å². The van der Waals surface area contributed by atoms with Crippen molar-refractivity contribution in [3.63, 3.8) is 0 Å². The third kappa shape index (κ3) is 2.69. The van der Waals surface area contributed by atoms with Crippen LogP contribution in [0.4, 0.5) is 10.1 Å². The maximum absolute atomic E-state index is 13.8. The van der Waals surface area contributed by atoms with Crippen LogP contribution < -0.4 is 14.8 Å². The molecule has 0 bridgehead atoms. The summed E-state index contributed by atoms with van der Waals surface area (Å²) in [6, 6.07) is 4.00. The van der Waals surface area contributed by atoms with Gasteiger partial charge in [-0.3, -0.25) is 4.79 Å². The number of hydrogen-bond acceptors (Lipinski definition) is 4. The van der Waals surface area contributed by atoms with Crippen LogP contribution >= 0.6 is 0 Å². The number of rotatable bonds is 3. The van der Waals surface area contributed by atoms with Crippen molar-refractivity contribution in [3.05, 3.63) is 24.0 Å². The van der Waals surface area contributed by atoms with E-state index in [1.165, 1.54) is 19.2 Å². The molecule has 0 radical (unpaired) electrons. The van der Waals surface area contributed by atoms with Gasteiger partial charge in [0.05, 0.1) is 12.8 Å². The van der Waals surface area contributed by atoms with E-state index in [2.05, 4.69) is 0 Å². The van der Waals surface area contributed by atoms with Crippen LogP contribution in [0.15, 0.2) is 18.2 Å². The van der Waals surface area contributed by atoms with Crippen LogP contribution in [-0.2, 0) is 14.8 Å². The highest BCUT2D eigenvalue weighted by atomic mass is 32.2. The Morgan fingerprint density at radius 1 is 1.47 bits per heavy atom. The molecule has 1 amide bonds. The third-order valence-corrected chi connectivity index (χ3v) is 4.24. The molecular formula is C11H13FN2O4S. The van der Waals surface area contributed by atoms with E-state index in [4.69, 9.17) is 9.88 Å². The Labute approximate surface area is 110 Å². The zero-order valence-corrected chi connectivity index (χ0v) is 11.0. The number of hydrogen-bond donors (Lipinski definition) is 1. The lowest BCUT2D eigenvalue weighted by atomic mass is 10.2. The number of sulfonamides is 1. The molecule has 19 heavy (non-hydrogen) atoms. The van der Waals surface area contributed by atoms with Gasteiger partial charge in [0.1, 0.15) is 11.0 Å². The van der Waals surface area contributed by atoms with Crippen LogP contribution in [0.25, 0.3) is 0 Å². The zero-order valence-electron chi connectivity index (χ0n) is 10.2. The van der Waals surface area contributed by atoms with Crippen LogP contribution in [0.3, 0.4) is 0 Å². The molecular weight excluding hydrogens is 275 g/mol. The number of ether oxygens (including phenoxy) is 1. The Balaban J connectivity index is 2.31. The van der Waals surface area contributed by atoms with E-state index in [9.17, 15) is 17.6 Å². The van der Waals surface area contributed by atoms with Gasteiger partial charge in [0.15, 0.2) is 5.82 Å². The van der Waals surface area contributed by atoms with Crippen molar-refractivity contribution >= 4 is 21.6 Å². The lowest BCUT2D eigenvalue weighted by molar-refractivity contribution is -0.117. The zero-order chi connectivity index (χ0) is 14.2. The van der Waals surface area contributed by atoms with Gasteiger partial charge >= 0.3 is 0 Å². The molecule has 1 aliphatic heterocycles. The Bertz CT molecular complexity index is 617. The number of primary sulfonamides is 1.